The lowest BCUT2D eigenvalue weighted by molar-refractivity contribution is -0.121. The number of para-hydroxylation sites is 1. The summed E-state index contributed by atoms with van der Waals surface area (Å²) >= 11 is 1.42. The maximum absolute atomic E-state index is 12.4. The zero-order valence-electron chi connectivity index (χ0n) is 13.4. The second-order valence-electron chi connectivity index (χ2n) is 5.57. The number of carbonyl (C=O) groups is 1. The maximum atomic E-state index is 12.4. The first-order valence-electron chi connectivity index (χ1n) is 7.43. The average Bonchev–Trinajstić information content (AvgIpc) is 2.80. The minimum atomic E-state index is -0.0112. The van der Waals surface area contributed by atoms with Crippen molar-refractivity contribution in [3.05, 3.63) is 70.1 Å². The van der Waals surface area contributed by atoms with Gasteiger partial charge in [-0.3, -0.25) is 9.69 Å². The minimum Gasteiger partial charge on any atom is -0.290 e. The summed E-state index contributed by atoms with van der Waals surface area (Å²) in [6.07, 6.45) is 1.92. The number of rotatable bonds is 2. The van der Waals surface area contributed by atoms with Gasteiger partial charge in [0.15, 0.2) is 5.17 Å². The van der Waals surface area contributed by atoms with Gasteiger partial charge in [-0.15, -0.1) is 0 Å². The van der Waals surface area contributed by atoms with Crippen LogP contribution >= 0.6 is 11.8 Å². The molecule has 1 fully saturated rings. The molecule has 0 aliphatic carbocycles. The van der Waals surface area contributed by atoms with E-state index in [2.05, 4.69) is 4.99 Å². The zero-order valence-corrected chi connectivity index (χ0v) is 14.2. The van der Waals surface area contributed by atoms with Crippen LogP contribution in [-0.4, -0.2) is 23.0 Å². The van der Waals surface area contributed by atoms with Gasteiger partial charge in [0.05, 0.1) is 10.6 Å². The molecule has 3 nitrogen and oxygen atoms in total. The van der Waals surface area contributed by atoms with Crippen molar-refractivity contribution in [3.8, 4) is 0 Å². The molecule has 1 amide bonds. The molecule has 23 heavy (non-hydrogen) atoms. The van der Waals surface area contributed by atoms with Crippen molar-refractivity contribution >= 4 is 34.6 Å². The molecule has 0 spiro atoms. The van der Waals surface area contributed by atoms with Crippen LogP contribution in [0.3, 0.4) is 0 Å². The number of hydrogen-bond acceptors (Lipinski definition) is 3. The van der Waals surface area contributed by atoms with E-state index in [9.17, 15) is 4.79 Å². The van der Waals surface area contributed by atoms with E-state index in [1.54, 1.807) is 11.9 Å². The van der Waals surface area contributed by atoms with Crippen molar-refractivity contribution in [2.75, 3.05) is 7.05 Å². The van der Waals surface area contributed by atoms with Gasteiger partial charge in [0.1, 0.15) is 0 Å². The molecule has 1 saturated heterocycles. The number of thioether (sulfide) groups is 1. The monoisotopic (exact) mass is 322 g/mol. The van der Waals surface area contributed by atoms with Crippen LogP contribution in [0.25, 0.3) is 6.08 Å². The van der Waals surface area contributed by atoms with Gasteiger partial charge in [-0.25, -0.2) is 4.99 Å². The van der Waals surface area contributed by atoms with E-state index in [0.29, 0.717) is 10.1 Å². The standard InChI is InChI=1S/C19H18N2OS/c1-13-8-10-15(11-9-13)12-17-18(22)21(3)19(23-17)20-16-7-5-4-6-14(16)2/h4-12H,1-3H3/b17-12+,20-19?. The number of amidine groups is 1. The van der Waals surface area contributed by atoms with Crippen molar-refractivity contribution in [2.24, 2.45) is 4.99 Å². The van der Waals surface area contributed by atoms with Crippen molar-refractivity contribution in [1.29, 1.82) is 0 Å². The molecular weight excluding hydrogens is 304 g/mol. The van der Waals surface area contributed by atoms with Crippen molar-refractivity contribution in [2.45, 2.75) is 13.8 Å². The Balaban J connectivity index is 1.91. The number of likely N-dealkylation sites (N-methyl/N-ethyl adjacent to an activating group) is 1. The normalized spacial score (nSPS) is 18.2. The largest absolute Gasteiger partial charge is 0.290 e. The molecule has 0 aromatic heterocycles. The highest BCUT2D eigenvalue weighted by atomic mass is 32.2. The summed E-state index contributed by atoms with van der Waals surface area (Å²) in [5.74, 6) is -0.0112. The van der Waals surface area contributed by atoms with Gasteiger partial charge in [0.2, 0.25) is 0 Å². The summed E-state index contributed by atoms with van der Waals surface area (Å²) in [6.45, 7) is 4.07. The molecule has 0 unspecified atom stereocenters. The third-order valence-electron chi connectivity index (χ3n) is 3.71. The highest BCUT2D eigenvalue weighted by Crippen LogP contribution is 2.33. The molecule has 0 radical (unpaired) electrons. The van der Waals surface area contributed by atoms with Gasteiger partial charge in [-0.05, 0) is 48.9 Å². The van der Waals surface area contributed by atoms with Gasteiger partial charge in [-0.1, -0.05) is 48.0 Å². The van der Waals surface area contributed by atoms with Crippen LogP contribution in [0.4, 0.5) is 5.69 Å². The highest BCUT2D eigenvalue weighted by molar-refractivity contribution is 8.18. The van der Waals surface area contributed by atoms with Crippen molar-refractivity contribution in [3.63, 3.8) is 0 Å². The summed E-state index contributed by atoms with van der Waals surface area (Å²) in [7, 11) is 1.77. The molecule has 1 heterocycles. The van der Waals surface area contributed by atoms with E-state index in [0.717, 1.165) is 16.8 Å². The predicted molar refractivity (Wildman–Crippen MR) is 97.8 cm³/mol. The molecule has 0 bridgehead atoms. The number of nitrogens with zero attached hydrogens (tertiary/aromatic N) is 2. The first-order valence-corrected chi connectivity index (χ1v) is 8.25. The minimum absolute atomic E-state index is 0.0112. The SMILES string of the molecule is Cc1ccc(/C=C2/SC(=Nc3ccccc3C)N(C)C2=O)cc1. The highest BCUT2D eigenvalue weighted by Gasteiger charge is 2.30. The quantitative estimate of drug-likeness (QED) is 0.761. The topological polar surface area (TPSA) is 32.7 Å². The Morgan fingerprint density at radius 2 is 1.74 bits per heavy atom. The molecule has 116 valence electrons. The summed E-state index contributed by atoms with van der Waals surface area (Å²) in [5, 5.41) is 0.711. The number of aliphatic imine (C=N–C) groups is 1. The molecule has 0 saturated carbocycles. The van der Waals surface area contributed by atoms with Crippen LogP contribution in [0.1, 0.15) is 16.7 Å². The summed E-state index contributed by atoms with van der Waals surface area (Å²) in [4.78, 5) is 19.4. The van der Waals surface area contributed by atoms with Crippen LogP contribution in [-0.2, 0) is 4.79 Å². The van der Waals surface area contributed by atoms with Crippen molar-refractivity contribution < 1.29 is 4.79 Å². The predicted octanol–water partition coefficient (Wildman–Crippen LogP) is 4.54. The molecular formula is C19H18N2OS. The van der Waals surface area contributed by atoms with Crippen molar-refractivity contribution in [1.82, 2.24) is 4.90 Å². The van der Waals surface area contributed by atoms with Crippen LogP contribution in [0, 0.1) is 13.8 Å². The average molecular weight is 322 g/mol. The Morgan fingerprint density at radius 3 is 2.43 bits per heavy atom. The molecule has 2 aromatic carbocycles. The molecule has 1 aliphatic rings. The van der Waals surface area contributed by atoms with E-state index in [1.165, 1.54) is 17.3 Å². The fourth-order valence-electron chi connectivity index (χ4n) is 2.26. The summed E-state index contributed by atoms with van der Waals surface area (Å²) in [5.41, 5.74) is 4.22. The van der Waals surface area contributed by atoms with Crippen LogP contribution < -0.4 is 0 Å². The van der Waals surface area contributed by atoms with Gasteiger partial charge >= 0.3 is 0 Å². The first-order chi connectivity index (χ1) is 11.0. The molecule has 0 atom stereocenters. The Morgan fingerprint density at radius 1 is 1.04 bits per heavy atom. The maximum Gasteiger partial charge on any atom is 0.266 e. The fourth-order valence-corrected chi connectivity index (χ4v) is 3.24. The number of amides is 1. The lowest BCUT2D eigenvalue weighted by atomic mass is 10.1. The van der Waals surface area contributed by atoms with Crippen LogP contribution in [0.15, 0.2) is 58.4 Å². The number of hydrogen-bond donors (Lipinski definition) is 0. The smallest absolute Gasteiger partial charge is 0.266 e. The molecule has 2 aromatic rings. The number of benzene rings is 2. The van der Waals surface area contributed by atoms with Gasteiger partial charge in [0, 0.05) is 7.05 Å². The lowest BCUT2D eigenvalue weighted by Gasteiger charge is -2.08. The third-order valence-corrected chi connectivity index (χ3v) is 4.77. The number of aryl methyl sites for hydroxylation is 2. The van der Waals surface area contributed by atoms with Crippen LogP contribution in [0.2, 0.25) is 0 Å². The molecule has 3 rings (SSSR count). The number of carbonyl (C=O) groups excluding carboxylic acids is 1. The third kappa shape index (κ3) is 3.37. The molecule has 1 aliphatic heterocycles. The fraction of sp³-hybridized carbons (Fsp3) is 0.158. The van der Waals surface area contributed by atoms with E-state index >= 15 is 0 Å². The Kier molecular flexibility index (Phi) is 4.35. The zero-order chi connectivity index (χ0) is 16.4. The van der Waals surface area contributed by atoms with Gasteiger partial charge in [0.25, 0.3) is 5.91 Å². The second-order valence-corrected chi connectivity index (χ2v) is 6.58. The molecule has 0 N–H and O–H groups in total. The first kappa shape index (κ1) is 15.6. The van der Waals surface area contributed by atoms with E-state index in [1.807, 2.05) is 68.5 Å². The Bertz CT molecular complexity index is 806. The summed E-state index contributed by atoms with van der Waals surface area (Å²) < 4.78 is 0. The van der Waals surface area contributed by atoms with Crippen LogP contribution in [0.5, 0.6) is 0 Å². The van der Waals surface area contributed by atoms with Gasteiger partial charge in [-0.2, -0.15) is 0 Å². The van der Waals surface area contributed by atoms with E-state index in [4.69, 9.17) is 0 Å². The Hall–Kier alpha value is -2.33. The summed E-state index contributed by atoms with van der Waals surface area (Å²) in [6, 6.07) is 16.0. The lowest BCUT2D eigenvalue weighted by Crippen LogP contribution is -2.23. The van der Waals surface area contributed by atoms with Gasteiger partial charge < -0.3 is 0 Å². The second kappa shape index (κ2) is 6.42. The molecule has 4 heteroatoms. The Labute approximate surface area is 140 Å². The van der Waals surface area contributed by atoms with E-state index < -0.39 is 0 Å². The van der Waals surface area contributed by atoms with E-state index in [-0.39, 0.29) is 5.91 Å².